The van der Waals surface area contributed by atoms with E-state index in [1.54, 1.807) is 42.5 Å². The number of ether oxygens (including phenoxy) is 1. The van der Waals surface area contributed by atoms with E-state index >= 15 is 0 Å². The Morgan fingerprint density at radius 1 is 0.974 bits per heavy atom. The number of nitrogens with zero attached hydrogens (tertiary/aromatic N) is 1. The fraction of sp³-hybridized carbons (Fsp3) is 0.0690. The van der Waals surface area contributed by atoms with Gasteiger partial charge in [-0.3, -0.25) is 19.3 Å². The first-order chi connectivity index (χ1) is 18.4. The van der Waals surface area contributed by atoms with E-state index < -0.39 is 17.1 Å². The molecule has 190 valence electrons. The van der Waals surface area contributed by atoms with Crippen molar-refractivity contribution < 1.29 is 19.1 Å². The van der Waals surface area contributed by atoms with Gasteiger partial charge >= 0.3 is 0 Å². The van der Waals surface area contributed by atoms with Gasteiger partial charge in [0.15, 0.2) is 0 Å². The molecule has 6 nitrogen and oxygen atoms in total. The Balaban J connectivity index is 1.39. The zero-order valence-corrected chi connectivity index (χ0v) is 23.0. The SMILES string of the molecule is O=C(CN1C(=O)S/C(=C/c2c(OCc3ccc(Cl)cc3)ccc3ccccc23)C1=O)Nc1ccc(Br)cc1. The maximum absolute atomic E-state index is 13.2. The van der Waals surface area contributed by atoms with Crippen molar-refractivity contribution in [2.24, 2.45) is 0 Å². The monoisotopic (exact) mass is 606 g/mol. The van der Waals surface area contributed by atoms with Gasteiger partial charge in [-0.15, -0.1) is 0 Å². The number of thioether (sulfide) groups is 1. The van der Waals surface area contributed by atoms with E-state index in [-0.39, 0.29) is 11.4 Å². The van der Waals surface area contributed by atoms with Crippen molar-refractivity contribution in [1.29, 1.82) is 0 Å². The largest absolute Gasteiger partial charge is 0.488 e. The Morgan fingerprint density at radius 3 is 2.47 bits per heavy atom. The lowest BCUT2D eigenvalue weighted by molar-refractivity contribution is -0.127. The number of fused-ring (bicyclic) bond motifs is 1. The van der Waals surface area contributed by atoms with Crippen LogP contribution >= 0.6 is 39.3 Å². The zero-order valence-electron chi connectivity index (χ0n) is 19.8. The van der Waals surface area contributed by atoms with Gasteiger partial charge in [0.1, 0.15) is 18.9 Å². The van der Waals surface area contributed by atoms with Gasteiger partial charge in [0.25, 0.3) is 11.1 Å². The number of halogens is 2. The first kappa shape index (κ1) is 26.0. The molecule has 3 amide bonds. The highest BCUT2D eigenvalue weighted by molar-refractivity contribution is 9.10. The summed E-state index contributed by atoms with van der Waals surface area (Å²) in [6.07, 6.45) is 1.66. The quantitative estimate of drug-likeness (QED) is 0.220. The minimum absolute atomic E-state index is 0.221. The zero-order chi connectivity index (χ0) is 26.6. The van der Waals surface area contributed by atoms with Crippen molar-refractivity contribution in [3.8, 4) is 5.75 Å². The highest BCUT2D eigenvalue weighted by atomic mass is 79.9. The number of benzene rings is 4. The van der Waals surface area contributed by atoms with Crippen LogP contribution in [0.15, 0.2) is 94.3 Å². The molecule has 0 radical (unpaired) electrons. The standard InChI is InChI=1S/C29H20BrClN2O4S/c30-20-8-12-22(13-9-20)32-27(34)16-33-28(35)26(38-29(33)36)15-24-23-4-2-1-3-19(23)7-14-25(24)37-17-18-5-10-21(31)11-6-18/h1-15H,16-17H2,(H,32,34)/b26-15+. The molecule has 38 heavy (non-hydrogen) atoms. The van der Waals surface area contributed by atoms with Crippen molar-refractivity contribution >= 4 is 78.9 Å². The predicted molar refractivity (Wildman–Crippen MR) is 155 cm³/mol. The molecular weight excluding hydrogens is 588 g/mol. The lowest BCUT2D eigenvalue weighted by Gasteiger charge is -2.14. The number of hydrogen-bond acceptors (Lipinski definition) is 5. The number of anilines is 1. The molecule has 0 bridgehead atoms. The summed E-state index contributed by atoms with van der Waals surface area (Å²) in [6.45, 7) is -0.0818. The van der Waals surface area contributed by atoms with Crippen molar-refractivity contribution in [2.75, 3.05) is 11.9 Å². The van der Waals surface area contributed by atoms with E-state index in [0.29, 0.717) is 28.6 Å². The Bertz CT molecular complexity index is 1570. The first-order valence-electron chi connectivity index (χ1n) is 11.6. The molecule has 1 heterocycles. The average Bonchev–Trinajstić information content (AvgIpc) is 3.17. The van der Waals surface area contributed by atoms with Crippen LogP contribution in [0.1, 0.15) is 11.1 Å². The molecule has 0 spiro atoms. The fourth-order valence-electron chi connectivity index (χ4n) is 3.94. The van der Waals surface area contributed by atoms with E-state index in [0.717, 1.165) is 37.5 Å². The van der Waals surface area contributed by atoms with E-state index in [9.17, 15) is 14.4 Å². The van der Waals surface area contributed by atoms with Gasteiger partial charge in [0, 0.05) is 20.7 Å². The summed E-state index contributed by atoms with van der Waals surface area (Å²) >= 11 is 10.1. The van der Waals surface area contributed by atoms with Crippen molar-refractivity contribution in [2.45, 2.75) is 6.61 Å². The van der Waals surface area contributed by atoms with Crippen molar-refractivity contribution in [3.05, 3.63) is 110 Å². The molecule has 5 rings (SSSR count). The molecule has 0 aromatic heterocycles. The number of nitrogens with one attached hydrogen (secondary N) is 1. The van der Waals surface area contributed by atoms with Crippen LogP contribution in [0.4, 0.5) is 10.5 Å². The molecule has 1 N–H and O–H groups in total. The van der Waals surface area contributed by atoms with Gasteiger partial charge in [-0.25, -0.2) is 0 Å². The Labute approximate surface area is 236 Å². The predicted octanol–water partition coefficient (Wildman–Crippen LogP) is 7.51. The summed E-state index contributed by atoms with van der Waals surface area (Å²) in [5, 5.41) is 4.68. The lowest BCUT2D eigenvalue weighted by atomic mass is 10.0. The van der Waals surface area contributed by atoms with Gasteiger partial charge in [-0.2, -0.15) is 0 Å². The Morgan fingerprint density at radius 2 is 1.71 bits per heavy atom. The number of carbonyl (C=O) groups is 3. The van der Waals surface area contributed by atoms with Crippen LogP contribution in [0.5, 0.6) is 5.75 Å². The first-order valence-corrected chi connectivity index (χ1v) is 13.6. The van der Waals surface area contributed by atoms with Gasteiger partial charge in [0.2, 0.25) is 5.91 Å². The second-order valence-electron chi connectivity index (χ2n) is 8.44. The van der Waals surface area contributed by atoms with E-state index in [2.05, 4.69) is 21.2 Å². The summed E-state index contributed by atoms with van der Waals surface area (Å²) in [7, 11) is 0. The van der Waals surface area contributed by atoms with Gasteiger partial charge in [-0.05, 0) is 76.6 Å². The summed E-state index contributed by atoms with van der Waals surface area (Å²) in [5.74, 6) is -0.422. The maximum atomic E-state index is 13.2. The molecular formula is C29H20BrClN2O4S. The third-order valence-corrected chi connectivity index (χ3v) is 7.51. The smallest absolute Gasteiger partial charge is 0.294 e. The number of hydrogen-bond donors (Lipinski definition) is 1. The van der Waals surface area contributed by atoms with Crippen LogP contribution in [0, 0.1) is 0 Å². The van der Waals surface area contributed by atoms with Crippen LogP contribution in [0.25, 0.3) is 16.8 Å². The van der Waals surface area contributed by atoms with Crippen LogP contribution in [0.3, 0.4) is 0 Å². The van der Waals surface area contributed by atoms with Gasteiger partial charge in [-0.1, -0.05) is 70.0 Å². The van der Waals surface area contributed by atoms with Crippen molar-refractivity contribution in [1.82, 2.24) is 4.90 Å². The van der Waals surface area contributed by atoms with Crippen molar-refractivity contribution in [3.63, 3.8) is 0 Å². The number of carbonyl (C=O) groups excluding carboxylic acids is 3. The summed E-state index contributed by atoms with van der Waals surface area (Å²) in [6, 6.07) is 25.9. The number of rotatable bonds is 7. The minimum atomic E-state index is -0.525. The Hall–Kier alpha value is -3.59. The van der Waals surface area contributed by atoms with Crippen LogP contribution in [-0.2, 0) is 16.2 Å². The summed E-state index contributed by atoms with van der Waals surface area (Å²) < 4.78 is 7.01. The average molecular weight is 608 g/mol. The normalized spacial score (nSPS) is 14.4. The van der Waals surface area contributed by atoms with E-state index in [1.807, 2.05) is 48.5 Å². The van der Waals surface area contributed by atoms with Gasteiger partial charge < -0.3 is 10.1 Å². The molecule has 4 aromatic rings. The third kappa shape index (κ3) is 5.93. The number of imide groups is 1. The van der Waals surface area contributed by atoms with E-state index in [4.69, 9.17) is 16.3 Å². The van der Waals surface area contributed by atoms with Gasteiger partial charge in [0.05, 0.1) is 4.91 Å². The van der Waals surface area contributed by atoms with Crippen LogP contribution in [-0.4, -0.2) is 28.5 Å². The maximum Gasteiger partial charge on any atom is 0.294 e. The lowest BCUT2D eigenvalue weighted by Crippen LogP contribution is -2.36. The summed E-state index contributed by atoms with van der Waals surface area (Å²) in [4.78, 5) is 39.6. The number of amides is 3. The van der Waals surface area contributed by atoms with E-state index in [1.165, 1.54) is 0 Å². The Kier molecular flexibility index (Phi) is 7.83. The molecule has 1 aliphatic heterocycles. The fourth-order valence-corrected chi connectivity index (χ4v) is 5.15. The third-order valence-electron chi connectivity index (χ3n) is 5.82. The highest BCUT2D eigenvalue weighted by Gasteiger charge is 2.36. The molecule has 0 atom stereocenters. The minimum Gasteiger partial charge on any atom is -0.488 e. The molecule has 1 aliphatic rings. The van der Waals surface area contributed by atoms with Crippen LogP contribution < -0.4 is 10.1 Å². The molecule has 0 unspecified atom stereocenters. The molecule has 9 heteroatoms. The molecule has 1 saturated heterocycles. The second kappa shape index (κ2) is 11.4. The molecule has 0 aliphatic carbocycles. The topological polar surface area (TPSA) is 75.7 Å². The summed E-state index contributed by atoms with van der Waals surface area (Å²) in [5.41, 5.74) is 2.19. The second-order valence-corrected chi connectivity index (χ2v) is 10.8. The van der Waals surface area contributed by atoms with Crippen LogP contribution in [0.2, 0.25) is 5.02 Å². The highest BCUT2D eigenvalue weighted by Crippen LogP contribution is 2.37. The molecule has 0 saturated carbocycles. The molecule has 1 fully saturated rings. The molecule has 4 aromatic carbocycles.